The Bertz CT molecular complexity index is 1410. The minimum atomic E-state index is -1.17. The van der Waals surface area contributed by atoms with Gasteiger partial charge in [-0.1, -0.05) is 30.3 Å². The first-order valence-electron chi connectivity index (χ1n) is 10.4. The first-order valence-corrected chi connectivity index (χ1v) is 10.4. The molecule has 2 N–H and O–H groups in total. The molecule has 0 atom stereocenters. The Hall–Kier alpha value is -3.85. The van der Waals surface area contributed by atoms with E-state index in [0.717, 1.165) is 5.56 Å². The summed E-state index contributed by atoms with van der Waals surface area (Å²) in [6.07, 6.45) is 0. The van der Waals surface area contributed by atoms with Gasteiger partial charge in [-0.15, -0.1) is 0 Å². The fourth-order valence-corrected chi connectivity index (χ4v) is 3.70. The summed E-state index contributed by atoms with van der Waals surface area (Å²) in [4.78, 5) is 31.9. The minimum Gasteiger partial charge on any atom is -0.493 e. The van der Waals surface area contributed by atoms with Crippen molar-refractivity contribution in [2.45, 2.75) is 32.6 Å². The molecule has 0 aliphatic carbocycles. The summed E-state index contributed by atoms with van der Waals surface area (Å²) in [5, 5.41) is 10.2. The highest BCUT2D eigenvalue weighted by Crippen LogP contribution is 2.33. The lowest BCUT2D eigenvalue weighted by atomic mass is 10.1. The first kappa shape index (κ1) is 22.3. The number of benzene rings is 2. The van der Waals surface area contributed by atoms with Gasteiger partial charge in [-0.2, -0.15) is 0 Å². The molecule has 0 spiro atoms. The van der Waals surface area contributed by atoms with Crippen molar-refractivity contribution in [1.82, 2.24) is 19.1 Å². The van der Waals surface area contributed by atoms with E-state index in [9.17, 15) is 14.7 Å². The molecule has 0 saturated heterocycles. The molecule has 2 heterocycles. The van der Waals surface area contributed by atoms with E-state index in [-0.39, 0.29) is 17.7 Å². The second kappa shape index (κ2) is 8.59. The Morgan fingerprint density at radius 3 is 2.48 bits per heavy atom. The average Bonchev–Trinajstić information content (AvgIpc) is 3.12. The SMILES string of the molecule is COc1cc(-c2nc3c(c(=O)[nH]c(=O)n3CC(C)(C)O)n2C)ccc1OCc1ccccc1. The Balaban J connectivity index is 1.76. The van der Waals surface area contributed by atoms with Crippen LogP contribution in [0.4, 0.5) is 0 Å². The highest BCUT2D eigenvalue weighted by Gasteiger charge is 2.22. The average molecular weight is 450 g/mol. The summed E-state index contributed by atoms with van der Waals surface area (Å²) in [6, 6.07) is 15.2. The van der Waals surface area contributed by atoms with Crippen LogP contribution in [-0.4, -0.2) is 36.9 Å². The van der Waals surface area contributed by atoms with Crippen LogP contribution in [0.15, 0.2) is 58.1 Å². The third-order valence-electron chi connectivity index (χ3n) is 5.22. The number of aromatic amines is 1. The molecule has 0 aliphatic rings. The van der Waals surface area contributed by atoms with Crippen LogP contribution >= 0.6 is 0 Å². The zero-order valence-electron chi connectivity index (χ0n) is 19.0. The van der Waals surface area contributed by atoms with Crippen LogP contribution in [0.1, 0.15) is 19.4 Å². The minimum absolute atomic E-state index is 0.0227. The molecule has 4 aromatic rings. The predicted octanol–water partition coefficient (Wildman–Crippen LogP) is 2.45. The standard InChI is InChI=1S/C24H26N4O5/c1-24(2,31)14-28-21-19(22(29)26-23(28)30)27(3)20(25-21)16-10-11-17(18(12-16)32-4)33-13-15-8-6-5-7-9-15/h5-12,31H,13-14H2,1-4H3,(H,26,29,30). The van der Waals surface area contributed by atoms with E-state index >= 15 is 0 Å². The number of nitrogens with one attached hydrogen (secondary N) is 1. The number of fused-ring (bicyclic) bond motifs is 1. The molecule has 0 fully saturated rings. The number of imidazole rings is 1. The fourth-order valence-electron chi connectivity index (χ4n) is 3.70. The van der Waals surface area contributed by atoms with Gasteiger partial charge < -0.3 is 19.1 Å². The molecule has 4 rings (SSSR count). The lowest BCUT2D eigenvalue weighted by Crippen LogP contribution is -2.37. The number of aliphatic hydroxyl groups is 1. The highest BCUT2D eigenvalue weighted by atomic mass is 16.5. The molecule has 0 saturated carbocycles. The smallest absolute Gasteiger partial charge is 0.330 e. The van der Waals surface area contributed by atoms with Crippen molar-refractivity contribution in [3.63, 3.8) is 0 Å². The van der Waals surface area contributed by atoms with E-state index in [2.05, 4.69) is 9.97 Å². The second-order valence-electron chi connectivity index (χ2n) is 8.46. The van der Waals surface area contributed by atoms with Gasteiger partial charge in [0.15, 0.2) is 22.7 Å². The summed E-state index contributed by atoms with van der Waals surface area (Å²) >= 11 is 0. The third-order valence-corrected chi connectivity index (χ3v) is 5.22. The molecule has 0 aliphatic heterocycles. The molecule has 172 valence electrons. The van der Waals surface area contributed by atoms with Crippen molar-refractivity contribution < 1.29 is 14.6 Å². The lowest BCUT2D eigenvalue weighted by molar-refractivity contribution is 0.0612. The molecule has 9 nitrogen and oxygen atoms in total. The monoisotopic (exact) mass is 450 g/mol. The number of ether oxygens (including phenoxy) is 2. The molecule has 0 unspecified atom stereocenters. The summed E-state index contributed by atoms with van der Waals surface area (Å²) in [6.45, 7) is 3.53. The number of H-pyrrole nitrogens is 1. The van der Waals surface area contributed by atoms with Crippen LogP contribution in [0.2, 0.25) is 0 Å². The van der Waals surface area contributed by atoms with Gasteiger partial charge >= 0.3 is 5.69 Å². The van der Waals surface area contributed by atoms with Crippen molar-refractivity contribution in [3.8, 4) is 22.9 Å². The van der Waals surface area contributed by atoms with Crippen molar-refractivity contribution in [2.24, 2.45) is 7.05 Å². The summed E-state index contributed by atoms with van der Waals surface area (Å²) in [7, 11) is 3.25. The number of aromatic nitrogens is 4. The Morgan fingerprint density at radius 1 is 1.09 bits per heavy atom. The van der Waals surface area contributed by atoms with Crippen molar-refractivity contribution in [3.05, 3.63) is 74.9 Å². The molecule has 0 amide bonds. The van der Waals surface area contributed by atoms with Gasteiger partial charge in [0, 0.05) is 12.6 Å². The zero-order valence-corrected chi connectivity index (χ0v) is 19.0. The van der Waals surface area contributed by atoms with Crippen molar-refractivity contribution in [2.75, 3.05) is 7.11 Å². The Morgan fingerprint density at radius 2 is 1.82 bits per heavy atom. The number of methoxy groups -OCH3 is 1. The van der Waals surface area contributed by atoms with Crippen LogP contribution in [0.25, 0.3) is 22.6 Å². The van der Waals surface area contributed by atoms with Gasteiger partial charge in [-0.3, -0.25) is 14.3 Å². The van der Waals surface area contributed by atoms with E-state index < -0.39 is 16.9 Å². The summed E-state index contributed by atoms with van der Waals surface area (Å²) in [5.41, 5.74) is -0.195. The molecule has 9 heteroatoms. The van der Waals surface area contributed by atoms with Gasteiger partial charge in [0.1, 0.15) is 12.4 Å². The van der Waals surface area contributed by atoms with E-state index in [1.807, 2.05) is 36.4 Å². The number of hydrogen-bond donors (Lipinski definition) is 2. The third kappa shape index (κ3) is 4.54. The van der Waals surface area contributed by atoms with Gasteiger partial charge in [-0.25, -0.2) is 9.78 Å². The fraction of sp³-hybridized carbons (Fsp3) is 0.292. The molecule has 2 aromatic heterocycles. The summed E-state index contributed by atoms with van der Waals surface area (Å²) in [5.74, 6) is 1.55. The molecule has 0 radical (unpaired) electrons. The van der Waals surface area contributed by atoms with Crippen LogP contribution in [0, 0.1) is 0 Å². The van der Waals surface area contributed by atoms with Gasteiger partial charge in [-0.05, 0) is 37.6 Å². The van der Waals surface area contributed by atoms with E-state index in [1.54, 1.807) is 44.7 Å². The van der Waals surface area contributed by atoms with Crippen LogP contribution < -0.4 is 20.7 Å². The molecule has 33 heavy (non-hydrogen) atoms. The van der Waals surface area contributed by atoms with Gasteiger partial charge in [0.2, 0.25) is 0 Å². The molecule has 0 bridgehead atoms. The largest absolute Gasteiger partial charge is 0.493 e. The van der Waals surface area contributed by atoms with E-state index in [0.29, 0.717) is 29.5 Å². The maximum Gasteiger partial charge on any atom is 0.330 e. The van der Waals surface area contributed by atoms with E-state index in [1.165, 1.54) is 4.57 Å². The van der Waals surface area contributed by atoms with Gasteiger partial charge in [0.25, 0.3) is 5.56 Å². The number of hydrogen-bond acceptors (Lipinski definition) is 6. The van der Waals surface area contributed by atoms with Crippen LogP contribution in [-0.2, 0) is 20.2 Å². The maximum atomic E-state index is 12.5. The van der Waals surface area contributed by atoms with Crippen molar-refractivity contribution in [1.29, 1.82) is 0 Å². The molecular formula is C24H26N4O5. The van der Waals surface area contributed by atoms with Crippen LogP contribution in [0.3, 0.4) is 0 Å². The zero-order chi connectivity index (χ0) is 23.8. The molecule has 2 aromatic carbocycles. The number of aryl methyl sites for hydroxylation is 1. The first-order chi connectivity index (χ1) is 15.7. The van der Waals surface area contributed by atoms with Crippen molar-refractivity contribution >= 4 is 11.2 Å². The molecular weight excluding hydrogens is 424 g/mol. The maximum absolute atomic E-state index is 12.5. The quantitative estimate of drug-likeness (QED) is 0.447. The number of rotatable bonds is 7. The lowest BCUT2D eigenvalue weighted by Gasteiger charge is -2.18. The van der Waals surface area contributed by atoms with Gasteiger partial charge in [0.05, 0.1) is 19.3 Å². The number of nitrogens with zero attached hydrogens (tertiary/aromatic N) is 3. The second-order valence-corrected chi connectivity index (χ2v) is 8.46. The normalized spacial score (nSPS) is 11.7. The van der Waals surface area contributed by atoms with E-state index in [4.69, 9.17) is 9.47 Å². The predicted molar refractivity (Wildman–Crippen MR) is 125 cm³/mol. The highest BCUT2D eigenvalue weighted by molar-refractivity contribution is 5.77. The summed E-state index contributed by atoms with van der Waals surface area (Å²) < 4.78 is 14.3. The Labute approximate surface area is 189 Å². The topological polar surface area (TPSA) is 111 Å². The van der Waals surface area contributed by atoms with Crippen LogP contribution in [0.5, 0.6) is 11.5 Å². The Kier molecular flexibility index (Phi) is 5.82.